The summed E-state index contributed by atoms with van der Waals surface area (Å²) < 4.78 is 59.4. The minimum absolute atomic E-state index is 0.00367. The first-order chi connectivity index (χ1) is 38.5. The molecule has 2 atom stereocenters. The molecule has 4 N–H and O–H groups in total. The van der Waals surface area contributed by atoms with E-state index in [1.54, 1.807) is 17.2 Å². The fourth-order valence-corrected chi connectivity index (χ4v) is 9.31. The molecule has 0 bridgehead atoms. The van der Waals surface area contributed by atoms with Gasteiger partial charge < -0.3 is 59.1 Å². The number of ether oxygens (including phenoxy) is 5. The number of aliphatic carboxylic acids is 1. The van der Waals surface area contributed by atoms with Crippen molar-refractivity contribution in [3.8, 4) is 11.1 Å². The van der Waals surface area contributed by atoms with Crippen LogP contribution in [-0.2, 0) is 63.8 Å². The van der Waals surface area contributed by atoms with Crippen LogP contribution >= 0.6 is 12.6 Å². The van der Waals surface area contributed by atoms with Crippen molar-refractivity contribution in [2.24, 2.45) is 5.41 Å². The molecule has 0 spiro atoms. The summed E-state index contributed by atoms with van der Waals surface area (Å²) in [5, 5.41) is 17.7. The molecule has 1 aliphatic heterocycles. The van der Waals surface area contributed by atoms with Crippen molar-refractivity contribution in [1.29, 1.82) is 0 Å². The van der Waals surface area contributed by atoms with Gasteiger partial charge in [-0.1, -0.05) is 70.7 Å². The number of nitrogens with one attached hydrogen (secondary N) is 3. The summed E-state index contributed by atoms with van der Waals surface area (Å²) in [4.78, 5) is 106. The van der Waals surface area contributed by atoms with Gasteiger partial charge in [-0.15, -0.1) is 0 Å². The van der Waals surface area contributed by atoms with Gasteiger partial charge in [0.1, 0.15) is 24.2 Å². The SMILES string of the molecule is CC(C)(C)[C@H](c1cc(-c2cc(F)ccc2F)cn1Cc1ccccc1)N(CCCNC(=O)OCC[Si](C)(C)C)C(=O)CN(CCC(=O)O)C(=O)[C@H](CS)NC(=O)CCOCCOCCOCCOCCNC(=O)CN1C(=O)C=CC1=O. The Balaban J connectivity index is 1.38. The van der Waals surface area contributed by atoms with Gasteiger partial charge in [0.2, 0.25) is 23.6 Å². The quantitative estimate of drug-likeness (QED) is 0.0219. The Morgan fingerprint density at radius 3 is 2.00 bits per heavy atom. The lowest BCUT2D eigenvalue weighted by Crippen LogP contribution is -2.54. The Morgan fingerprint density at radius 1 is 0.765 bits per heavy atom. The molecule has 25 heteroatoms. The van der Waals surface area contributed by atoms with Crippen molar-refractivity contribution >= 4 is 68.2 Å². The second kappa shape index (κ2) is 34.1. The van der Waals surface area contributed by atoms with Gasteiger partial charge in [-0.05, 0) is 47.7 Å². The van der Waals surface area contributed by atoms with Crippen molar-refractivity contribution in [2.75, 3.05) is 104 Å². The fraction of sp³-hybridized carbons (Fsp3) is 0.536. The highest BCUT2D eigenvalue weighted by Crippen LogP contribution is 2.41. The van der Waals surface area contributed by atoms with Gasteiger partial charge in [0.15, 0.2) is 0 Å². The zero-order chi connectivity index (χ0) is 59.5. The number of aromatic nitrogens is 1. The highest BCUT2D eigenvalue weighted by Gasteiger charge is 2.39. The lowest BCUT2D eigenvalue weighted by Gasteiger charge is -2.42. The van der Waals surface area contributed by atoms with Crippen LogP contribution in [0, 0.1) is 17.0 Å². The van der Waals surface area contributed by atoms with Crippen LogP contribution in [0.15, 0.2) is 72.9 Å². The highest BCUT2D eigenvalue weighted by atomic mass is 32.1. The number of halogens is 2. The highest BCUT2D eigenvalue weighted by molar-refractivity contribution is 7.80. The number of carbonyl (C=O) groups is 8. The van der Waals surface area contributed by atoms with Crippen LogP contribution in [-0.4, -0.2) is 190 Å². The van der Waals surface area contributed by atoms with Crippen molar-refractivity contribution in [3.63, 3.8) is 0 Å². The van der Waals surface area contributed by atoms with Gasteiger partial charge in [-0.25, -0.2) is 13.6 Å². The van der Waals surface area contributed by atoms with Crippen LogP contribution in [0.25, 0.3) is 11.1 Å². The van der Waals surface area contributed by atoms with Gasteiger partial charge >= 0.3 is 12.1 Å². The van der Waals surface area contributed by atoms with Gasteiger partial charge in [-0.2, -0.15) is 12.6 Å². The number of carbonyl (C=O) groups excluding carboxylic acids is 7. The third-order valence-electron chi connectivity index (χ3n) is 12.4. The molecule has 0 saturated carbocycles. The number of rotatable bonds is 37. The van der Waals surface area contributed by atoms with Crippen molar-refractivity contribution < 1.29 is 75.9 Å². The topological polar surface area (TPSA) is 254 Å². The predicted molar refractivity (Wildman–Crippen MR) is 303 cm³/mol. The molecule has 1 aromatic heterocycles. The standard InChI is InChI=1S/C56H79F2N7O14SSi/c1-56(2,3)53(46-33-41(43-34-42(57)13-14-44(43)58)36-63(46)35-40-11-8-7-9-12-40)64(21-10-19-60-55(74)79-31-32-81(4,5)6)51(70)38-62(22-17-52(71)72)54(73)45(39-80)61-47(66)18-23-75-25-27-77-29-30-78-28-26-76-24-20-59-48(67)37-65-49(68)15-16-50(65)69/h7-9,11-16,33-34,36,45,53,80H,10,17-32,35,37-39H2,1-6H3,(H,59,67)(H,60,74)(H,61,66)(H,71,72)/t45-,53-/m0/s1. The van der Waals surface area contributed by atoms with Gasteiger partial charge in [0.25, 0.3) is 11.8 Å². The average Bonchev–Trinajstić information content (AvgIpc) is 4.00. The van der Waals surface area contributed by atoms with E-state index in [0.717, 1.165) is 51.8 Å². The van der Waals surface area contributed by atoms with E-state index < -0.39 is 104 Å². The molecular weight excluding hydrogens is 1090 g/mol. The fourth-order valence-electron chi connectivity index (χ4n) is 8.35. The Bertz CT molecular complexity index is 2580. The third-order valence-corrected chi connectivity index (χ3v) is 14.5. The molecule has 0 radical (unpaired) electrons. The van der Waals surface area contributed by atoms with Crippen LogP contribution in [0.4, 0.5) is 13.6 Å². The summed E-state index contributed by atoms with van der Waals surface area (Å²) in [6, 6.07) is 13.0. The number of imide groups is 1. The number of amides is 7. The lowest BCUT2D eigenvalue weighted by atomic mass is 9.82. The molecule has 1 aliphatic rings. The third kappa shape index (κ3) is 24.2. The molecule has 0 unspecified atom stereocenters. The van der Waals surface area contributed by atoms with Gasteiger partial charge in [-0.3, -0.25) is 38.5 Å². The zero-order valence-electron chi connectivity index (χ0n) is 47.2. The number of alkyl carbamates (subject to hydrolysis) is 1. The van der Waals surface area contributed by atoms with Crippen LogP contribution in [0.1, 0.15) is 57.3 Å². The molecule has 81 heavy (non-hydrogen) atoms. The summed E-state index contributed by atoms with van der Waals surface area (Å²) in [5.41, 5.74) is 0.997. The summed E-state index contributed by atoms with van der Waals surface area (Å²) >= 11 is 4.34. The molecule has 2 heterocycles. The number of hydrogen-bond acceptors (Lipinski definition) is 14. The summed E-state index contributed by atoms with van der Waals surface area (Å²) in [6.07, 6.45) is 2.82. The van der Waals surface area contributed by atoms with E-state index in [1.165, 1.54) is 0 Å². The molecule has 4 rings (SSSR count). The minimum atomic E-state index is -1.49. The summed E-state index contributed by atoms with van der Waals surface area (Å²) in [6.45, 7) is 13.2. The second-order valence-corrected chi connectivity index (χ2v) is 27.3. The van der Waals surface area contributed by atoms with Crippen molar-refractivity contribution in [3.05, 3.63) is 95.8 Å². The molecule has 0 saturated heterocycles. The first kappa shape index (κ1) is 67.0. The largest absolute Gasteiger partial charge is 0.481 e. The van der Waals surface area contributed by atoms with Crippen LogP contribution in [0.3, 0.4) is 0 Å². The Hall–Kier alpha value is -6.51. The maximum atomic E-state index is 15.5. The Labute approximate surface area is 478 Å². The Morgan fingerprint density at radius 2 is 1.40 bits per heavy atom. The molecule has 446 valence electrons. The summed E-state index contributed by atoms with van der Waals surface area (Å²) in [7, 11) is -1.49. The molecule has 2 aromatic carbocycles. The molecule has 21 nitrogen and oxygen atoms in total. The summed E-state index contributed by atoms with van der Waals surface area (Å²) in [5.74, 6) is -6.23. The molecular formula is C56H79F2N7O14SSi. The van der Waals surface area contributed by atoms with Crippen LogP contribution in [0.5, 0.6) is 0 Å². The first-order valence-corrected chi connectivity index (χ1v) is 31.2. The van der Waals surface area contributed by atoms with E-state index in [-0.39, 0.29) is 116 Å². The van der Waals surface area contributed by atoms with Crippen molar-refractivity contribution in [1.82, 2.24) is 35.2 Å². The maximum absolute atomic E-state index is 15.5. The predicted octanol–water partition coefficient (Wildman–Crippen LogP) is 5.07. The number of hydrogen-bond donors (Lipinski definition) is 5. The van der Waals surface area contributed by atoms with Crippen molar-refractivity contribution in [2.45, 2.75) is 84.3 Å². The minimum Gasteiger partial charge on any atom is -0.481 e. The van der Waals surface area contributed by atoms with E-state index >= 15 is 9.18 Å². The number of nitrogens with zero attached hydrogens (tertiary/aromatic N) is 4. The van der Waals surface area contributed by atoms with E-state index in [4.69, 9.17) is 23.7 Å². The molecule has 0 aliphatic carbocycles. The maximum Gasteiger partial charge on any atom is 0.407 e. The number of carboxylic acid groups (broad SMARTS) is 1. The first-order valence-electron chi connectivity index (χ1n) is 26.9. The van der Waals surface area contributed by atoms with E-state index in [0.29, 0.717) is 11.3 Å². The van der Waals surface area contributed by atoms with Gasteiger partial charge in [0.05, 0.1) is 78.5 Å². The van der Waals surface area contributed by atoms with Crippen LogP contribution in [0.2, 0.25) is 25.7 Å². The number of carboxylic acids is 1. The van der Waals surface area contributed by atoms with Gasteiger partial charge in [0, 0.05) is 88.1 Å². The van der Waals surface area contributed by atoms with E-state index in [2.05, 4.69) is 48.2 Å². The number of thiol groups is 1. The monoisotopic (exact) mass is 1170 g/mol. The Kier molecular flexibility index (Phi) is 28.2. The normalized spacial score (nSPS) is 13.2. The lowest BCUT2D eigenvalue weighted by molar-refractivity contribution is -0.146. The van der Waals surface area contributed by atoms with E-state index in [9.17, 15) is 43.1 Å². The van der Waals surface area contributed by atoms with E-state index in [1.807, 2.05) is 55.7 Å². The molecule has 3 aromatic rings. The molecule has 7 amide bonds. The van der Waals surface area contributed by atoms with Crippen LogP contribution < -0.4 is 16.0 Å². The average molecular weight is 1170 g/mol. The number of benzene rings is 2. The second-order valence-electron chi connectivity index (χ2n) is 21.3. The zero-order valence-corrected chi connectivity index (χ0v) is 49.1. The smallest absolute Gasteiger partial charge is 0.407 e. The molecule has 0 fully saturated rings.